The van der Waals surface area contributed by atoms with E-state index in [4.69, 9.17) is 0 Å². The number of benzene rings is 1. The van der Waals surface area contributed by atoms with Gasteiger partial charge in [0.25, 0.3) is 5.91 Å². The first-order valence-electron chi connectivity index (χ1n) is 6.79. The van der Waals surface area contributed by atoms with Gasteiger partial charge in [-0.15, -0.1) is 13.2 Å². The quantitative estimate of drug-likeness (QED) is 0.782. The SMILES string of the molecule is O=C(c1ccc(OC(F)(F)F)cc1)N1[C@H]2CC=C[C@H]1CC2. The van der Waals surface area contributed by atoms with Crippen molar-refractivity contribution < 1.29 is 22.7 Å². The van der Waals surface area contributed by atoms with Gasteiger partial charge < -0.3 is 9.64 Å². The Balaban J connectivity index is 1.75. The van der Waals surface area contributed by atoms with Crippen LogP contribution in [0.3, 0.4) is 0 Å². The lowest BCUT2D eigenvalue weighted by atomic mass is 10.1. The minimum absolute atomic E-state index is 0.113. The summed E-state index contributed by atoms with van der Waals surface area (Å²) in [7, 11) is 0. The second-order valence-electron chi connectivity index (χ2n) is 5.25. The molecule has 0 unspecified atom stereocenters. The number of carbonyl (C=O) groups excluding carboxylic acids is 1. The minimum atomic E-state index is -4.72. The Bertz CT molecular complexity index is 565. The molecule has 1 aromatic carbocycles. The van der Waals surface area contributed by atoms with Gasteiger partial charge in [0.1, 0.15) is 5.75 Å². The van der Waals surface area contributed by atoms with E-state index in [1.54, 1.807) is 0 Å². The number of fused-ring (bicyclic) bond motifs is 2. The number of ether oxygens (including phenoxy) is 1. The lowest BCUT2D eigenvalue weighted by Crippen LogP contribution is -2.42. The van der Waals surface area contributed by atoms with Crippen molar-refractivity contribution in [1.82, 2.24) is 4.90 Å². The highest BCUT2D eigenvalue weighted by Crippen LogP contribution is 2.33. The Hall–Kier alpha value is -1.98. The third-order valence-corrected chi connectivity index (χ3v) is 3.88. The van der Waals surface area contributed by atoms with Gasteiger partial charge in [0, 0.05) is 11.6 Å². The van der Waals surface area contributed by atoms with Crippen molar-refractivity contribution in [3.8, 4) is 5.75 Å². The predicted molar refractivity (Wildman–Crippen MR) is 69.9 cm³/mol. The van der Waals surface area contributed by atoms with E-state index in [-0.39, 0.29) is 23.7 Å². The molecular formula is C15H14F3NO2. The Labute approximate surface area is 120 Å². The summed E-state index contributed by atoms with van der Waals surface area (Å²) in [6, 6.07) is 5.41. The summed E-state index contributed by atoms with van der Waals surface area (Å²) in [5.41, 5.74) is 0.386. The number of rotatable bonds is 2. The second kappa shape index (κ2) is 5.09. The van der Waals surface area contributed by atoms with Gasteiger partial charge in [0.15, 0.2) is 0 Å². The van der Waals surface area contributed by atoms with E-state index in [1.165, 1.54) is 24.3 Å². The standard InChI is InChI=1S/C15H14F3NO2/c16-15(17,18)21-13-8-4-10(5-9-13)14(20)19-11-2-1-3-12(19)7-6-11/h1-2,4-5,8-9,11-12H,3,6-7H2/t11-,12-/m0/s1. The van der Waals surface area contributed by atoms with Crippen molar-refractivity contribution in [1.29, 1.82) is 0 Å². The molecule has 3 nitrogen and oxygen atoms in total. The zero-order valence-corrected chi connectivity index (χ0v) is 11.1. The van der Waals surface area contributed by atoms with Crippen LogP contribution in [0.15, 0.2) is 36.4 Å². The van der Waals surface area contributed by atoms with E-state index >= 15 is 0 Å². The summed E-state index contributed by atoms with van der Waals surface area (Å²) in [5, 5.41) is 0. The molecular weight excluding hydrogens is 283 g/mol. The van der Waals surface area contributed by atoms with Crippen LogP contribution in [-0.4, -0.2) is 29.3 Å². The highest BCUT2D eigenvalue weighted by atomic mass is 19.4. The first-order valence-corrected chi connectivity index (χ1v) is 6.79. The topological polar surface area (TPSA) is 29.5 Å². The van der Waals surface area contributed by atoms with Crippen molar-refractivity contribution in [2.75, 3.05) is 0 Å². The summed E-state index contributed by atoms with van der Waals surface area (Å²) in [4.78, 5) is 14.3. The molecule has 0 N–H and O–H groups in total. The van der Waals surface area contributed by atoms with Crippen LogP contribution in [0.2, 0.25) is 0 Å². The number of nitrogens with zero attached hydrogens (tertiary/aromatic N) is 1. The van der Waals surface area contributed by atoms with Crippen molar-refractivity contribution in [3.63, 3.8) is 0 Å². The van der Waals surface area contributed by atoms with Crippen LogP contribution in [-0.2, 0) is 0 Å². The molecule has 2 atom stereocenters. The number of amides is 1. The largest absolute Gasteiger partial charge is 0.573 e. The first-order chi connectivity index (χ1) is 9.94. The average molecular weight is 297 g/mol. The lowest BCUT2D eigenvalue weighted by molar-refractivity contribution is -0.274. The number of alkyl halides is 3. The molecule has 1 fully saturated rings. The summed E-state index contributed by atoms with van der Waals surface area (Å²) in [6.07, 6.45) is 2.16. The van der Waals surface area contributed by atoms with Crippen LogP contribution in [0, 0.1) is 0 Å². The van der Waals surface area contributed by atoms with Gasteiger partial charge in [0.2, 0.25) is 0 Å². The van der Waals surface area contributed by atoms with Gasteiger partial charge in [-0.1, -0.05) is 12.2 Å². The van der Waals surface area contributed by atoms with Crippen molar-refractivity contribution in [3.05, 3.63) is 42.0 Å². The molecule has 112 valence electrons. The molecule has 0 aromatic heterocycles. The van der Waals surface area contributed by atoms with Crippen LogP contribution in [0.5, 0.6) is 5.75 Å². The molecule has 6 heteroatoms. The van der Waals surface area contributed by atoms with E-state index in [0.717, 1.165) is 19.3 Å². The fourth-order valence-electron chi connectivity index (χ4n) is 2.99. The number of hydrogen-bond donors (Lipinski definition) is 0. The molecule has 1 amide bonds. The third-order valence-electron chi connectivity index (χ3n) is 3.88. The second-order valence-corrected chi connectivity index (χ2v) is 5.25. The summed E-state index contributed by atoms with van der Waals surface area (Å²) < 4.78 is 40.1. The normalized spacial score (nSPS) is 24.2. The van der Waals surface area contributed by atoms with Gasteiger partial charge in [-0.3, -0.25) is 4.79 Å². The minimum Gasteiger partial charge on any atom is -0.406 e. The lowest BCUT2D eigenvalue weighted by Gasteiger charge is -2.31. The fourth-order valence-corrected chi connectivity index (χ4v) is 2.99. The molecule has 0 spiro atoms. The third kappa shape index (κ3) is 2.89. The highest BCUT2D eigenvalue weighted by molar-refractivity contribution is 5.95. The van der Waals surface area contributed by atoms with Crippen LogP contribution in [0.4, 0.5) is 13.2 Å². The molecule has 0 saturated carbocycles. The van der Waals surface area contributed by atoms with E-state index < -0.39 is 6.36 Å². The van der Waals surface area contributed by atoms with Gasteiger partial charge >= 0.3 is 6.36 Å². The first kappa shape index (κ1) is 14.0. The van der Waals surface area contributed by atoms with Crippen LogP contribution in [0.1, 0.15) is 29.6 Å². The summed E-state index contributed by atoms with van der Waals surface area (Å²) in [6.45, 7) is 0. The maximum atomic E-state index is 12.5. The Morgan fingerprint density at radius 3 is 2.52 bits per heavy atom. The molecule has 21 heavy (non-hydrogen) atoms. The van der Waals surface area contributed by atoms with E-state index in [1.807, 2.05) is 11.0 Å². The van der Waals surface area contributed by atoms with Gasteiger partial charge in [-0.05, 0) is 43.5 Å². The van der Waals surface area contributed by atoms with Crippen LogP contribution >= 0.6 is 0 Å². The smallest absolute Gasteiger partial charge is 0.406 e. The zero-order valence-electron chi connectivity index (χ0n) is 11.1. The van der Waals surface area contributed by atoms with Crippen LogP contribution < -0.4 is 4.74 Å². The molecule has 2 aliphatic heterocycles. The molecule has 0 radical (unpaired) electrons. The predicted octanol–water partition coefficient (Wildman–Crippen LogP) is 3.52. The van der Waals surface area contributed by atoms with Gasteiger partial charge in [-0.25, -0.2) is 0 Å². The Morgan fingerprint density at radius 1 is 1.19 bits per heavy atom. The maximum Gasteiger partial charge on any atom is 0.573 e. The highest BCUT2D eigenvalue weighted by Gasteiger charge is 2.37. The molecule has 1 saturated heterocycles. The van der Waals surface area contributed by atoms with Crippen molar-refractivity contribution in [2.24, 2.45) is 0 Å². The van der Waals surface area contributed by atoms with E-state index in [2.05, 4.69) is 10.8 Å². The fraction of sp³-hybridized carbons (Fsp3) is 0.400. The zero-order chi connectivity index (χ0) is 15.0. The summed E-state index contributed by atoms with van der Waals surface area (Å²) in [5.74, 6) is -0.453. The van der Waals surface area contributed by atoms with Gasteiger partial charge in [0.05, 0.1) is 6.04 Å². The number of halogens is 3. The Kier molecular flexibility index (Phi) is 3.39. The van der Waals surface area contributed by atoms with Crippen molar-refractivity contribution in [2.45, 2.75) is 37.7 Å². The van der Waals surface area contributed by atoms with Crippen LogP contribution in [0.25, 0.3) is 0 Å². The monoisotopic (exact) mass is 297 g/mol. The van der Waals surface area contributed by atoms with E-state index in [9.17, 15) is 18.0 Å². The molecule has 2 heterocycles. The Morgan fingerprint density at radius 2 is 1.90 bits per heavy atom. The molecule has 2 aliphatic rings. The number of hydrogen-bond acceptors (Lipinski definition) is 2. The molecule has 1 aromatic rings. The van der Waals surface area contributed by atoms with Crippen molar-refractivity contribution >= 4 is 5.91 Å². The van der Waals surface area contributed by atoms with Gasteiger partial charge in [-0.2, -0.15) is 0 Å². The molecule has 3 rings (SSSR count). The molecule has 2 bridgehead atoms. The maximum absolute atomic E-state index is 12.5. The molecule has 0 aliphatic carbocycles. The average Bonchev–Trinajstić information content (AvgIpc) is 2.66. The summed E-state index contributed by atoms with van der Waals surface area (Å²) >= 11 is 0. The van der Waals surface area contributed by atoms with E-state index in [0.29, 0.717) is 5.56 Å². The number of carbonyl (C=O) groups is 1.